The lowest BCUT2D eigenvalue weighted by Crippen LogP contribution is -2.14. The van der Waals surface area contributed by atoms with Gasteiger partial charge in [-0.2, -0.15) is 13.7 Å². The van der Waals surface area contributed by atoms with E-state index in [0.717, 1.165) is 0 Å². The van der Waals surface area contributed by atoms with Crippen LogP contribution in [0.15, 0.2) is 65.2 Å². The fraction of sp³-hybridized carbons (Fsp3) is 0.111. The first-order valence-electron chi connectivity index (χ1n) is 7.82. The highest BCUT2D eigenvalue weighted by molar-refractivity contribution is 7.85. The molecule has 0 saturated heterocycles. The van der Waals surface area contributed by atoms with E-state index in [0.29, 0.717) is 23.7 Å². The van der Waals surface area contributed by atoms with Gasteiger partial charge in [0, 0.05) is 17.6 Å². The summed E-state index contributed by atoms with van der Waals surface area (Å²) in [7, 11) is -4.28. The standard InChI is InChI=1S/C18H17N3O5S/c1-2-26-16-7-3-15(4-8-16)21-18(22)13(11-19)12-20-14-5-9-17(10-6-14)27(23,24)25/h3-10,12,20H,2H2,1H3,(H,21,22)(H,23,24,25)/b13-12-. The van der Waals surface area contributed by atoms with Gasteiger partial charge in [0.2, 0.25) is 0 Å². The van der Waals surface area contributed by atoms with Crippen molar-refractivity contribution in [3.63, 3.8) is 0 Å². The molecule has 2 rings (SSSR count). The number of nitrogens with zero attached hydrogens (tertiary/aromatic N) is 1. The minimum absolute atomic E-state index is 0.178. The van der Waals surface area contributed by atoms with Gasteiger partial charge in [-0.05, 0) is 55.5 Å². The molecule has 2 aromatic rings. The molecule has 0 heterocycles. The van der Waals surface area contributed by atoms with Crippen molar-refractivity contribution in [2.75, 3.05) is 17.2 Å². The van der Waals surface area contributed by atoms with Crippen molar-refractivity contribution in [2.45, 2.75) is 11.8 Å². The zero-order chi connectivity index (χ0) is 19.9. The summed E-state index contributed by atoms with van der Waals surface area (Å²) in [6.07, 6.45) is 1.20. The van der Waals surface area contributed by atoms with Crippen LogP contribution in [0.5, 0.6) is 5.75 Å². The molecular formula is C18H17N3O5S. The Bertz CT molecular complexity index is 975. The molecule has 0 atom stereocenters. The van der Waals surface area contributed by atoms with Crippen LogP contribution in [0.3, 0.4) is 0 Å². The molecule has 0 bridgehead atoms. The summed E-state index contributed by atoms with van der Waals surface area (Å²) in [6.45, 7) is 2.40. The lowest BCUT2D eigenvalue weighted by molar-refractivity contribution is -0.112. The Labute approximate surface area is 156 Å². The van der Waals surface area contributed by atoms with Gasteiger partial charge in [0.05, 0.1) is 11.5 Å². The molecule has 0 radical (unpaired) electrons. The molecule has 0 unspecified atom stereocenters. The molecule has 0 aliphatic heterocycles. The van der Waals surface area contributed by atoms with E-state index in [1.807, 2.05) is 6.92 Å². The van der Waals surface area contributed by atoms with E-state index >= 15 is 0 Å². The van der Waals surface area contributed by atoms with Crippen molar-refractivity contribution >= 4 is 27.4 Å². The first kappa shape index (κ1) is 20.0. The number of carbonyl (C=O) groups excluding carboxylic acids is 1. The third kappa shape index (κ3) is 5.85. The van der Waals surface area contributed by atoms with Crippen molar-refractivity contribution < 1.29 is 22.5 Å². The first-order chi connectivity index (χ1) is 12.8. The van der Waals surface area contributed by atoms with Gasteiger partial charge in [0.15, 0.2) is 0 Å². The van der Waals surface area contributed by atoms with E-state index in [4.69, 9.17) is 14.6 Å². The van der Waals surface area contributed by atoms with Crippen LogP contribution >= 0.6 is 0 Å². The number of benzene rings is 2. The Hall–Kier alpha value is -3.35. The van der Waals surface area contributed by atoms with Gasteiger partial charge in [-0.25, -0.2) is 0 Å². The number of amides is 1. The minimum Gasteiger partial charge on any atom is -0.494 e. The summed E-state index contributed by atoms with van der Waals surface area (Å²) in [5.41, 5.74) is 0.758. The normalized spacial score (nSPS) is 11.4. The third-order valence-electron chi connectivity index (χ3n) is 3.32. The maximum absolute atomic E-state index is 12.2. The number of anilines is 2. The molecule has 1 amide bonds. The average molecular weight is 387 g/mol. The van der Waals surface area contributed by atoms with E-state index < -0.39 is 16.0 Å². The van der Waals surface area contributed by atoms with E-state index in [-0.39, 0.29) is 10.5 Å². The number of hydrogen-bond donors (Lipinski definition) is 3. The predicted octanol–water partition coefficient (Wildman–Crippen LogP) is 2.79. The van der Waals surface area contributed by atoms with Crippen molar-refractivity contribution in [1.29, 1.82) is 5.26 Å². The maximum atomic E-state index is 12.2. The zero-order valence-electron chi connectivity index (χ0n) is 14.3. The van der Waals surface area contributed by atoms with Gasteiger partial charge in [-0.15, -0.1) is 0 Å². The number of ether oxygens (including phenoxy) is 1. The highest BCUT2D eigenvalue weighted by atomic mass is 32.2. The second-order valence-corrected chi connectivity index (χ2v) is 6.65. The van der Waals surface area contributed by atoms with Gasteiger partial charge < -0.3 is 15.4 Å². The number of rotatable bonds is 7. The van der Waals surface area contributed by atoms with Crippen LogP contribution in [0.25, 0.3) is 0 Å². The molecule has 0 fully saturated rings. The van der Waals surface area contributed by atoms with Crippen molar-refractivity contribution in [3.05, 3.63) is 60.3 Å². The number of carbonyl (C=O) groups is 1. The topological polar surface area (TPSA) is 129 Å². The number of nitrogens with one attached hydrogen (secondary N) is 2. The minimum atomic E-state index is -4.28. The summed E-state index contributed by atoms with van der Waals surface area (Å²) in [5.74, 6) is 0.0604. The molecule has 0 aliphatic carbocycles. The van der Waals surface area contributed by atoms with Crippen LogP contribution in [0.2, 0.25) is 0 Å². The van der Waals surface area contributed by atoms with Crippen LogP contribution < -0.4 is 15.4 Å². The molecule has 3 N–H and O–H groups in total. The first-order valence-corrected chi connectivity index (χ1v) is 9.26. The van der Waals surface area contributed by atoms with Crippen LogP contribution in [-0.4, -0.2) is 25.5 Å². The van der Waals surface area contributed by atoms with E-state index in [9.17, 15) is 13.2 Å². The molecule has 8 nitrogen and oxygen atoms in total. The Morgan fingerprint density at radius 3 is 2.26 bits per heavy atom. The van der Waals surface area contributed by atoms with Crippen LogP contribution in [-0.2, 0) is 14.9 Å². The molecule has 27 heavy (non-hydrogen) atoms. The summed E-state index contributed by atoms with van der Waals surface area (Å²) < 4.78 is 36.2. The van der Waals surface area contributed by atoms with Crippen LogP contribution in [0.4, 0.5) is 11.4 Å². The van der Waals surface area contributed by atoms with Gasteiger partial charge in [-0.1, -0.05) is 0 Å². The Morgan fingerprint density at radius 1 is 1.15 bits per heavy atom. The highest BCUT2D eigenvalue weighted by Gasteiger charge is 2.10. The second kappa shape index (κ2) is 8.84. The van der Waals surface area contributed by atoms with Crippen molar-refractivity contribution in [2.24, 2.45) is 0 Å². The fourth-order valence-corrected chi connectivity index (χ4v) is 2.51. The van der Waals surface area contributed by atoms with E-state index in [1.165, 1.54) is 30.5 Å². The summed E-state index contributed by atoms with van der Waals surface area (Å²) >= 11 is 0. The molecule has 0 aliphatic rings. The van der Waals surface area contributed by atoms with Crippen molar-refractivity contribution in [3.8, 4) is 11.8 Å². The number of nitriles is 1. The summed E-state index contributed by atoms with van der Waals surface area (Å²) in [4.78, 5) is 11.9. The monoisotopic (exact) mass is 387 g/mol. The van der Waals surface area contributed by atoms with E-state index in [2.05, 4.69) is 10.6 Å². The molecule has 0 aromatic heterocycles. The molecule has 0 spiro atoms. The summed E-state index contributed by atoms with van der Waals surface area (Å²) in [6, 6.07) is 13.6. The third-order valence-corrected chi connectivity index (χ3v) is 4.19. The smallest absolute Gasteiger partial charge is 0.294 e. The average Bonchev–Trinajstić information content (AvgIpc) is 2.64. The number of hydrogen-bond acceptors (Lipinski definition) is 6. The second-order valence-electron chi connectivity index (χ2n) is 5.23. The van der Waals surface area contributed by atoms with E-state index in [1.54, 1.807) is 30.3 Å². The van der Waals surface area contributed by atoms with Gasteiger partial charge in [0.1, 0.15) is 17.4 Å². The van der Waals surface area contributed by atoms with Crippen LogP contribution in [0.1, 0.15) is 6.92 Å². The predicted molar refractivity (Wildman–Crippen MR) is 99.8 cm³/mol. The Morgan fingerprint density at radius 2 is 1.74 bits per heavy atom. The Kier molecular flexibility index (Phi) is 6.54. The highest BCUT2D eigenvalue weighted by Crippen LogP contribution is 2.17. The zero-order valence-corrected chi connectivity index (χ0v) is 15.2. The van der Waals surface area contributed by atoms with Gasteiger partial charge >= 0.3 is 0 Å². The van der Waals surface area contributed by atoms with Gasteiger partial charge in [0.25, 0.3) is 16.0 Å². The van der Waals surface area contributed by atoms with Gasteiger partial charge in [-0.3, -0.25) is 9.35 Å². The molecule has 0 saturated carbocycles. The van der Waals surface area contributed by atoms with Crippen molar-refractivity contribution in [1.82, 2.24) is 0 Å². The Balaban J connectivity index is 2.04. The fourth-order valence-electron chi connectivity index (χ4n) is 2.03. The molecule has 9 heteroatoms. The molecule has 2 aromatic carbocycles. The largest absolute Gasteiger partial charge is 0.494 e. The lowest BCUT2D eigenvalue weighted by Gasteiger charge is -2.07. The molecular weight excluding hydrogens is 370 g/mol. The van der Waals surface area contributed by atoms with Crippen LogP contribution in [0, 0.1) is 11.3 Å². The maximum Gasteiger partial charge on any atom is 0.294 e. The SMILES string of the molecule is CCOc1ccc(NC(=O)/C(C#N)=C\Nc2ccc(S(=O)(=O)O)cc2)cc1. The molecule has 140 valence electrons. The lowest BCUT2D eigenvalue weighted by atomic mass is 10.2. The summed E-state index contributed by atoms with van der Waals surface area (Å²) in [5, 5.41) is 14.5. The quantitative estimate of drug-likeness (QED) is 0.378.